The van der Waals surface area contributed by atoms with E-state index < -0.39 is 0 Å². The van der Waals surface area contributed by atoms with Gasteiger partial charge in [-0.15, -0.1) is 11.3 Å². The molecule has 4 heteroatoms. The molecule has 122 valence electrons. The van der Waals surface area contributed by atoms with E-state index in [0.29, 0.717) is 5.92 Å². The van der Waals surface area contributed by atoms with E-state index in [1.165, 1.54) is 21.9 Å². The first-order chi connectivity index (χ1) is 9.92. The predicted octanol–water partition coefficient (Wildman–Crippen LogP) is 3.19. The van der Waals surface area contributed by atoms with Crippen molar-refractivity contribution in [1.82, 2.24) is 15.1 Å². The molecule has 21 heavy (non-hydrogen) atoms. The average Bonchev–Trinajstić information content (AvgIpc) is 2.73. The third-order valence-electron chi connectivity index (χ3n) is 3.50. The lowest BCUT2D eigenvalue weighted by Crippen LogP contribution is -2.34. The summed E-state index contributed by atoms with van der Waals surface area (Å²) in [4.78, 5) is 7.80. The van der Waals surface area contributed by atoms with Gasteiger partial charge in [-0.3, -0.25) is 4.90 Å². The first kappa shape index (κ1) is 18.6. The smallest absolute Gasteiger partial charge is 0.0299 e. The van der Waals surface area contributed by atoms with Gasteiger partial charge in [0.2, 0.25) is 0 Å². The molecule has 0 saturated heterocycles. The number of rotatable bonds is 10. The van der Waals surface area contributed by atoms with E-state index in [2.05, 4.69) is 63.0 Å². The van der Waals surface area contributed by atoms with Gasteiger partial charge in [0, 0.05) is 42.5 Å². The van der Waals surface area contributed by atoms with Gasteiger partial charge >= 0.3 is 0 Å². The Labute approximate surface area is 135 Å². The van der Waals surface area contributed by atoms with Gasteiger partial charge < -0.3 is 10.2 Å². The molecule has 1 aromatic heterocycles. The number of nitrogens with zero attached hydrogens (tertiary/aromatic N) is 2. The van der Waals surface area contributed by atoms with Crippen LogP contribution >= 0.6 is 11.3 Å². The summed E-state index contributed by atoms with van der Waals surface area (Å²) in [6.45, 7) is 15.6. The maximum absolute atomic E-state index is 3.42. The van der Waals surface area contributed by atoms with Crippen molar-refractivity contribution in [3.05, 3.63) is 21.4 Å². The molecule has 0 fully saturated rings. The zero-order chi connectivity index (χ0) is 15.8. The summed E-state index contributed by atoms with van der Waals surface area (Å²) in [6.07, 6.45) is 0. The summed E-state index contributed by atoms with van der Waals surface area (Å²) in [5, 5.41) is 3.42. The highest BCUT2D eigenvalue weighted by molar-refractivity contribution is 7.12. The second-order valence-electron chi connectivity index (χ2n) is 6.51. The minimum Gasteiger partial charge on any atom is -0.312 e. The molecule has 0 unspecified atom stereocenters. The number of hydrogen-bond donors (Lipinski definition) is 1. The molecule has 0 bridgehead atoms. The van der Waals surface area contributed by atoms with Crippen LogP contribution < -0.4 is 5.32 Å². The van der Waals surface area contributed by atoms with Crippen LogP contribution in [0.15, 0.2) is 6.07 Å². The third kappa shape index (κ3) is 7.41. The van der Waals surface area contributed by atoms with E-state index in [0.717, 1.165) is 32.7 Å². The van der Waals surface area contributed by atoms with Crippen LogP contribution in [-0.4, -0.2) is 50.1 Å². The summed E-state index contributed by atoms with van der Waals surface area (Å²) in [6, 6.07) is 2.39. The molecule has 1 rings (SSSR count). The summed E-state index contributed by atoms with van der Waals surface area (Å²) in [5.41, 5.74) is 1.51. The molecule has 1 aromatic rings. The SMILES string of the molecule is CCNCc1cc(CN(CCN(C)C)CC(C)C)c(C)s1. The summed E-state index contributed by atoms with van der Waals surface area (Å²) in [7, 11) is 4.30. The first-order valence-electron chi connectivity index (χ1n) is 8.08. The van der Waals surface area contributed by atoms with Crippen LogP contribution in [0.5, 0.6) is 0 Å². The van der Waals surface area contributed by atoms with Crippen LogP contribution in [0.25, 0.3) is 0 Å². The normalized spacial score (nSPS) is 12.0. The van der Waals surface area contributed by atoms with Crippen molar-refractivity contribution in [3.8, 4) is 0 Å². The molecule has 3 nitrogen and oxygen atoms in total. The Bertz CT molecular complexity index is 399. The van der Waals surface area contributed by atoms with Gasteiger partial charge in [-0.25, -0.2) is 0 Å². The maximum Gasteiger partial charge on any atom is 0.0299 e. The third-order valence-corrected chi connectivity index (χ3v) is 4.59. The minimum absolute atomic E-state index is 0.715. The predicted molar refractivity (Wildman–Crippen MR) is 95.1 cm³/mol. The minimum atomic E-state index is 0.715. The molecular weight excluding hydrogens is 278 g/mol. The van der Waals surface area contributed by atoms with E-state index in [4.69, 9.17) is 0 Å². The van der Waals surface area contributed by atoms with Crippen molar-refractivity contribution in [2.24, 2.45) is 5.92 Å². The fourth-order valence-corrected chi connectivity index (χ4v) is 3.44. The second-order valence-corrected chi connectivity index (χ2v) is 7.85. The van der Waals surface area contributed by atoms with Crippen LogP contribution in [0.3, 0.4) is 0 Å². The van der Waals surface area contributed by atoms with Gasteiger partial charge in [0.15, 0.2) is 0 Å². The first-order valence-corrected chi connectivity index (χ1v) is 8.90. The molecule has 1 N–H and O–H groups in total. The Morgan fingerprint density at radius 1 is 1.24 bits per heavy atom. The topological polar surface area (TPSA) is 18.5 Å². The molecule has 0 amide bonds. The molecule has 0 aromatic carbocycles. The Kier molecular flexibility index (Phi) is 8.49. The summed E-state index contributed by atoms with van der Waals surface area (Å²) < 4.78 is 0. The average molecular weight is 312 g/mol. The van der Waals surface area contributed by atoms with E-state index in [1.54, 1.807) is 0 Å². The lowest BCUT2D eigenvalue weighted by atomic mass is 10.1. The fourth-order valence-electron chi connectivity index (χ4n) is 2.41. The molecule has 1 heterocycles. The number of thiophene rings is 1. The second kappa shape index (κ2) is 9.57. The summed E-state index contributed by atoms with van der Waals surface area (Å²) >= 11 is 1.94. The number of likely N-dealkylation sites (N-methyl/N-ethyl adjacent to an activating group) is 1. The van der Waals surface area contributed by atoms with Crippen molar-refractivity contribution >= 4 is 11.3 Å². The van der Waals surface area contributed by atoms with Gasteiger partial charge in [-0.1, -0.05) is 20.8 Å². The highest BCUT2D eigenvalue weighted by Gasteiger charge is 2.12. The van der Waals surface area contributed by atoms with E-state index in [-0.39, 0.29) is 0 Å². The molecule has 0 aliphatic rings. The molecule has 0 aliphatic heterocycles. The van der Waals surface area contributed by atoms with E-state index >= 15 is 0 Å². The zero-order valence-electron chi connectivity index (χ0n) is 14.7. The molecule has 0 aliphatic carbocycles. The van der Waals surface area contributed by atoms with Gasteiger partial charge in [-0.05, 0) is 45.1 Å². The van der Waals surface area contributed by atoms with E-state index in [9.17, 15) is 0 Å². The van der Waals surface area contributed by atoms with Crippen LogP contribution in [0.2, 0.25) is 0 Å². The fraction of sp³-hybridized carbons (Fsp3) is 0.765. The lowest BCUT2D eigenvalue weighted by Gasteiger charge is -2.25. The summed E-state index contributed by atoms with van der Waals surface area (Å²) in [5.74, 6) is 0.715. The lowest BCUT2D eigenvalue weighted by molar-refractivity contribution is 0.211. The quantitative estimate of drug-likeness (QED) is 0.716. The zero-order valence-corrected chi connectivity index (χ0v) is 15.5. The number of aryl methyl sites for hydroxylation is 1. The molecular formula is C17H33N3S. The standard InChI is InChI=1S/C17H33N3S/c1-7-18-11-17-10-16(15(4)21-17)13-20(12-14(2)3)9-8-19(5)6/h10,14,18H,7-9,11-13H2,1-6H3. The Morgan fingerprint density at radius 2 is 1.95 bits per heavy atom. The van der Waals surface area contributed by atoms with Crippen LogP contribution in [0.1, 0.15) is 36.1 Å². The van der Waals surface area contributed by atoms with Gasteiger partial charge in [-0.2, -0.15) is 0 Å². The Balaban J connectivity index is 2.65. The Hall–Kier alpha value is -0.420. The van der Waals surface area contributed by atoms with Gasteiger partial charge in [0.05, 0.1) is 0 Å². The largest absolute Gasteiger partial charge is 0.312 e. The van der Waals surface area contributed by atoms with Gasteiger partial charge in [0.25, 0.3) is 0 Å². The molecule has 0 saturated carbocycles. The van der Waals surface area contributed by atoms with Crippen molar-refractivity contribution in [1.29, 1.82) is 0 Å². The van der Waals surface area contributed by atoms with Gasteiger partial charge in [0.1, 0.15) is 0 Å². The number of nitrogens with one attached hydrogen (secondary N) is 1. The maximum atomic E-state index is 3.42. The Morgan fingerprint density at radius 3 is 2.52 bits per heavy atom. The highest BCUT2D eigenvalue weighted by atomic mass is 32.1. The number of hydrogen-bond acceptors (Lipinski definition) is 4. The van der Waals surface area contributed by atoms with Crippen molar-refractivity contribution in [3.63, 3.8) is 0 Å². The van der Waals surface area contributed by atoms with Crippen LogP contribution in [0.4, 0.5) is 0 Å². The molecule has 0 atom stereocenters. The molecule has 0 radical (unpaired) electrons. The van der Waals surface area contributed by atoms with Crippen LogP contribution in [0, 0.1) is 12.8 Å². The van der Waals surface area contributed by atoms with E-state index in [1.807, 2.05) is 11.3 Å². The monoisotopic (exact) mass is 311 g/mol. The highest BCUT2D eigenvalue weighted by Crippen LogP contribution is 2.23. The van der Waals surface area contributed by atoms with Crippen LogP contribution in [-0.2, 0) is 13.1 Å². The molecule has 0 spiro atoms. The van der Waals surface area contributed by atoms with Crippen molar-refractivity contribution < 1.29 is 0 Å². The van der Waals surface area contributed by atoms with Crippen molar-refractivity contribution in [2.45, 2.75) is 40.8 Å². The van der Waals surface area contributed by atoms with Crippen molar-refractivity contribution in [2.75, 3.05) is 40.3 Å².